The van der Waals surface area contributed by atoms with Crippen molar-refractivity contribution < 1.29 is 37.0 Å². The van der Waals surface area contributed by atoms with Crippen molar-refractivity contribution in [3.63, 3.8) is 0 Å². The minimum absolute atomic E-state index is 0.0453. The fourth-order valence-corrected chi connectivity index (χ4v) is 2.49. The first-order valence-electron chi connectivity index (χ1n) is 8.70. The molecule has 2 atom stereocenters. The zero-order chi connectivity index (χ0) is 20.8. The molecule has 0 saturated carbocycles. The number of ketones is 1. The molecule has 1 aromatic carbocycles. The molecule has 2 unspecified atom stereocenters. The van der Waals surface area contributed by atoms with E-state index < -0.39 is 41.3 Å². The highest BCUT2D eigenvalue weighted by Crippen LogP contribution is 2.32. The van der Waals surface area contributed by atoms with Crippen LogP contribution in [0.2, 0.25) is 0 Å². The number of hydrogen-bond acceptors (Lipinski definition) is 4. The Morgan fingerprint density at radius 1 is 1.22 bits per heavy atom. The second-order valence-corrected chi connectivity index (χ2v) is 6.64. The molecule has 0 aromatic heterocycles. The van der Waals surface area contributed by atoms with E-state index in [0.29, 0.717) is 12.1 Å². The highest BCUT2D eigenvalue weighted by atomic mass is 19.4. The number of carbonyl (C=O) groups is 2. The number of carbonyl (C=O) groups excluding carboxylic acids is 2. The molecule has 0 spiro atoms. The molecule has 0 saturated heterocycles. The molecule has 27 heavy (non-hydrogen) atoms. The molecular weight excluding hydrogens is 368 g/mol. The summed E-state index contributed by atoms with van der Waals surface area (Å²) in [6, 6.07) is 2.56. The first kappa shape index (κ1) is 23.1. The van der Waals surface area contributed by atoms with Gasteiger partial charge in [0, 0.05) is 6.42 Å². The summed E-state index contributed by atoms with van der Waals surface area (Å²) in [6.45, 7) is 5.05. The molecule has 0 aliphatic rings. The summed E-state index contributed by atoms with van der Waals surface area (Å²) in [5, 5.41) is 9.86. The van der Waals surface area contributed by atoms with Crippen molar-refractivity contribution in [1.29, 1.82) is 0 Å². The maximum atomic E-state index is 13.4. The van der Waals surface area contributed by atoms with Crippen molar-refractivity contribution in [1.82, 2.24) is 0 Å². The molecule has 0 heterocycles. The number of hydrogen-bond donors (Lipinski definition) is 1. The topological polar surface area (TPSA) is 63.6 Å². The number of halogens is 4. The maximum absolute atomic E-state index is 13.4. The van der Waals surface area contributed by atoms with E-state index in [4.69, 9.17) is 4.74 Å². The van der Waals surface area contributed by atoms with Gasteiger partial charge in [0.25, 0.3) is 0 Å². The number of rotatable bonds is 9. The highest BCUT2D eigenvalue weighted by Gasteiger charge is 2.34. The largest absolute Gasteiger partial charge is 0.465 e. The molecule has 0 bridgehead atoms. The fourth-order valence-electron chi connectivity index (χ4n) is 2.49. The Morgan fingerprint density at radius 3 is 2.37 bits per heavy atom. The Kier molecular flexibility index (Phi) is 8.40. The fraction of sp³-hybridized carbons (Fsp3) is 0.579. The molecule has 0 aliphatic heterocycles. The Hall–Kier alpha value is -1.96. The molecule has 1 rings (SSSR count). The van der Waals surface area contributed by atoms with Gasteiger partial charge < -0.3 is 9.84 Å². The average molecular weight is 392 g/mol. The van der Waals surface area contributed by atoms with Crippen LogP contribution in [0.15, 0.2) is 18.2 Å². The van der Waals surface area contributed by atoms with Gasteiger partial charge in [0.2, 0.25) is 0 Å². The van der Waals surface area contributed by atoms with Crippen molar-refractivity contribution in [2.75, 3.05) is 6.61 Å². The second-order valence-electron chi connectivity index (χ2n) is 6.64. The smallest absolute Gasteiger partial charge is 0.419 e. The van der Waals surface area contributed by atoms with Gasteiger partial charge in [0.05, 0.1) is 18.3 Å². The lowest BCUT2D eigenvalue weighted by atomic mass is 9.90. The minimum atomic E-state index is -4.84. The quantitative estimate of drug-likeness (QED) is 0.393. The van der Waals surface area contributed by atoms with E-state index in [-0.39, 0.29) is 37.4 Å². The first-order valence-corrected chi connectivity index (χ1v) is 8.70. The molecule has 1 aromatic rings. The summed E-state index contributed by atoms with van der Waals surface area (Å²) in [4.78, 5) is 24.4. The Labute approximate surface area is 155 Å². The Balaban J connectivity index is 2.94. The third-order valence-corrected chi connectivity index (χ3v) is 4.20. The third-order valence-electron chi connectivity index (χ3n) is 4.20. The van der Waals surface area contributed by atoms with E-state index in [1.165, 1.54) is 6.07 Å². The number of aliphatic hydroxyl groups excluding tert-OH is 1. The summed E-state index contributed by atoms with van der Waals surface area (Å²) in [5.74, 6) is -4.09. The van der Waals surface area contributed by atoms with E-state index in [2.05, 4.69) is 0 Å². The lowest BCUT2D eigenvalue weighted by Crippen LogP contribution is -2.31. The van der Waals surface area contributed by atoms with E-state index in [1.807, 2.05) is 0 Å². The van der Waals surface area contributed by atoms with E-state index in [1.54, 1.807) is 20.8 Å². The van der Waals surface area contributed by atoms with Crippen LogP contribution in [0.4, 0.5) is 17.6 Å². The number of aryl methyl sites for hydroxylation is 1. The van der Waals surface area contributed by atoms with Crippen molar-refractivity contribution in [3.8, 4) is 0 Å². The predicted octanol–water partition coefficient (Wildman–Crippen LogP) is 3.93. The molecular formula is C19H24F4O4. The van der Waals surface area contributed by atoms with Crippen LogP contribution >= 0.6 is 0 Å². The summed E-state index contributed by atoms with van der Waals surface area (Å²) < 4.78 is 56.7. The summed E-state index contributed by atoms with van der Waals surface area (Å²) in [6.07, 6.45) is -6.16. The van der Waals surface area contributed by atoms with Gasteiger partial charge in [-0.25, -0.2) is 4.39 Å². The van der Waals surface area contributed by atoms with Crippen LogP contribution in [0, 0.1) is 17.7 Å². The van der Waals surface area contributed by atoms with E-state index >= 15 is 0 Å². The Bertz CT molecular complexity index is 656. The normalized spacial score (nSPS) is 14.1. The van der Waals surface area contributed by atoms with Gasteiger partial charge in [0.15, 0.2) is 0 Å². The number of aliphatic hydroxyl groups is 1. The molecule has 0 aliphatic carbocycles. The van der Waals surface area contributed by atoms with Gasteiger partial charge in [-0.2, -0.15) is 13.2 Å². The first-order chi connectivity index (χ1) is 12.5. The molecule has 8 heteroatoms. The molecule has 0 radical (unpaired) electrons. The monoisotopic (exact) mass is 392 g/mol. The molecule has 152 valence electrons. The average Bonchev–Trinajstić information content (AvgIpc) is 2.55. The van der Waals surface area contributed by atoms with Gasteiger partial charge in [-0.05, 0) is 43.4 Å². The SMILES string of the molecule is CCOC(=O)C(CCc1ccc(F)c(C(F)(F)F)c1)C(=O)CC(O)C(C)C. The minimum Gasteiger partial charge on any atom is -0.465 e. The molecule has 0 fully saturated rings. The summed E-state index contributed by atoms with van der Waals surface area (Å²) in [5.41, 5.74) is -1.25. The van der Waals surface area contributed by atoms with Gasteiger partial charge in [-0.1, -0.05) is 19.9 Å². The summed E-state index contributed by atoms with van der Waals surface area (Å²) >= 11 is 0. The zero-order valence-electron chi connectivity index (χ0n) is 15.5. The highest BCUT2D eigenvalue weighted by molar-refractivity contribution is 5.99. The van der Waals surface area contributed by atoms with Gasteiger partial charge in [-0.3, -0.25) is 9.59 Å². The molecule has 4 nitrogen and oxygen atoms in total. The lowest BCUT2D eigenvalue weighted by Gasteiger charge is -2.19. The Morgan fingerprint density at radius 2 is 1.85 bits per heavy atom. The van der Waals surface area contributed by atoms with E-state index in [9.17, 15) is 32.3 Å². The predicted molar refractivity (Wildman–Crippen MR) is 90.3 cm³/mol. The van der Waals surface area contributed by atoms with Crippen molar-refractivity contribution >= 4 is 11.8 Å². The van der Waals surface area contributed by atoms with Gasteiger partial charge in [-0.15, -0.1) is 0 Å². The van der Waals surface area contributed by atoms with Crippen LogP contribution in [-0.4, -0.2) is 29.6 Å². The van der Waals surface area contributed by atoms with Crippen LogP contribution in [0.5, 0.6) is 0 Å². The van der Waals surface area contributed by atoms with Crippen molar-refractivity contribution in [2.45, 2.75) is 52.3 Å². The van der Waals surface area contributed by atoms with Crippen LogP contribution in [0.25, 0.3) is 0 Å². The number of benzene rings is 1. The van der Waals surface area contributed by atoms with Crippen molar-refractivity contribution in [3.05, 3.63) is 35.1 Å². The third kappa shape index (κ3) is 6.93. The zero-order valence-corrected chi connectivity index (χ0v) is 15.5. The van der Waals surface area contributed by atoms with Crippen LogP contribution < -0.4 is 0 Å². The van der Waals surface area contributed by atoms with Gasteiger partial charge in [0.1, 0.15) is 17.5 Å². The van der Waals surface area contributed by atoms with Gasteiger partial charge >= 0.3 is 12.1 Å². The number of esters is 1. The maximum Gasteiger partial charge on any atom is 0.419 e. The number of Topliss-reactive ketones (excluding diaryl/α,β-unsaturated/α-hetero) is 1. The molecule has 0 amide bonds. The number of alkyl halides is 3. The van der Waals surface area contributed by atoms with Crippen LogP contribution in [-0.2, 0) is 26.9 Å². The van der Waals surface area contributed by atoms with Crippen LogP contribution in [0.3, 0.4) is 0 Å². The molecule has 1 N–H and O–H groups in total. The van der Waals surface area contributed by atoms with E-state index in [0.717, 1.165) is 0 Å². The standard InChI is InChI=1S/C19H24F4O4/c1-4-27-18(26)13(17(25)10-16(24)11(2)3)7-5-12-6-8-15(20)14(9-12)19(21,22)23/h6,8-9,11,13,16,24H,4-5,7,10H2,1-3H3. The van der Waals surface area contributed by atoms with Crippen molar-refractivity contribution in [2.24, 2.45) is 11.8 Å². The lowest BCUT2D eigenvalue weighted by molar-refractivity contribution is -0.152. The van der Waals surface area contributed by atoms with Crippen LogP contribution in [0.1, 0.15) is 44.7 Å². The summed E-state index contributed by atoms with van der Waals surface area (Å²) in [7, 11) is 0. The number of ether oxygens (including phenoxy) is 1. The second kappa shape index (κ2) is 9.82.